The van der Waals surface area contributed by atoms with E-state index in [0.29, 0.717) is 25.0 Å². The molecule has 0 radical (unpaired) electrons. The summed E-state index contributed by atoms with van der Waals surface area (Å²) < 4.78 is 14.6. The summed E-state index contributed by atoms with van der Waals surface area (Å²) in [6, 6.07) is 7.36. The van der Waals surface area contributed by atoms with Crippen molar-refractivity contribution in [2.24, 2.45) is 0 Å². The molecule has 0 saturated heterocycles. The van der Waals surface area contributed by atoms with E-state index >= 15 is 0 Å². The van der Waals surface area contributed by atoms with Crippen LogP contribution in [0.1, 0.15) is 18.4 Å². The number of carbonyl (C=O) groups is 2. The van der Waals surface area contributed by atoms with E-state index in [1.54, 1.807) is 7.11 Å². The van der Waals surface area contributed by atoms with Crippen LogP contribution in [0.3, 0.4) is 0 Å². The van der Waals surface area contributed by atoms with Gasteiger partial charge in [-0.15, -0.1) is 0 Å². The van der Waals surface area contributed by atoms with Crippen molar-refractivity contribution in [2.45, 2.75) is 19.3 Å². The van der Waals surface area contributed by atoms with Gasteiger partial charge in [0.15, 0.2) is 0 Å². The Hall–Kier alpha value is -2.30. The van der Waals surface area contributed by atoms with Crippen LogP contribution < -0.4 is 4.74 Å². The number of allylic oxidation sites excluding steroid dienone is 1. The van der Waals surface area contributed by atoms with Crippen LogP contribution in [0, 0.1) is 0 Å². The number of rotatable bonds is 8. The molecule has 0 unspecified atom stereocenters. The number of benzene rings is 1. The predicted octanol–water partition coefficient (Wildman–Crippen LogP) is 2.29. The number of Topliss-reactive ketones (excluding diaryl/α,β-unsaturated/α-hetero) is 1. The molecule has 0 N–H and O–H groups in total. The van der Waals surface area contributed by atoms with Crippen LogP contribution in [-0.4, -0.2) is 33.1 Å². The monoisotopic (exact) mass is 292 g/mol. The molecule has 0 aliphatic heterocycles. The summed E-state index contributed by atoms with van der Waals surface area (Å²) in [5.74, 6) is 0.779. The van der Waals surface area contributed by atoms with Crippen LogP contribution in [-0.2, 0) is 25.5 Å². The van der Waals surface area contributed by atoms with Gasteiger partial charge >= 0.3 is 5.97 Å². The van der Waals surface area contributed by atoms with E-state index in [4.69, 9.17) is 9.47 Å². The number of carbonyl (C=O) groups excluding carboxylic acids is 2. The molecule has 1 aromatic rings. The number of methoxy groups -OCH3 is 3. The van der Waals surface area contributed by atoms with Crippen molar-refractivity contribution in [3.05, 3.63) is 41.7 Å². The van der Waals surface area contributed by atoms with E-state index in [-0.39, 0.29) is 5.78 Å². The molecule has 5 nitrogen and oxygen atoms in total. The second kappa shape index (κ2) is 8.79. The number of ketones is 1. The number of ether oxygens (including phenoxy) is 3. The third-order valence-corrected chi connectivity index (χ3v) is 2.95. The maximum atomic E-state index is 11.9. The quantitative estimate of drug-likeness (QED) is 0.418. The molecule has 0 aliphatic carbocycles. The zero-order valence-corrected chi connectivity index (χ0v) is 12.5. The molecule has 0 bridgehead atoms. The van der Waals surface area contributed by atoms with Gasteiger partial charge in [-0.1, -0.05) is 12.1 Å². The molecular formula is C16H20O5. The highest BCUT2D eigenvalue weighted by Crippen LogP contribution is 2.14. The third kappa shape index (κ3) is 6.12. The lowest BCUT2D eigenvalue weighted by Gasteiger charge is -2.06. The Morgan fingerprint density at radius 2 is 1.67 bits per heavy atom. The first-order chi connectivity index (χ1) is 10.1. The molecule has 1 rings (SSSR count). The Labute approximate surface area is 124 Å². The Morgan fingerprint density at radius 3 is 2.19 bits per heavy atom. The summed E-state index contributed by atoms with van der Waals surface area (Å²) in [6.45, 7) is 0. The highest BCUT2D eigenvalue weighted by Gasteiger charge is 2.08. The van der Waals surface area contributed by atoms with Crippen molar-refractivity contribution in [3.8, 4) is 5.75 Å². The first-order valence-electron chi connectivity index (χ1n) is 6.56. The first kappa shape index (κ1) is 16.8. The van der Waals surface area contributed by atoms with Gasteiger partial charge in [-0.3, -0.25) is 4.79 Å². The molecule has 0 spiro atoms. The lowest BCUT2D eigenvalue weighted by molar-refractivity contribution is -0.135. The van der Waals surface area contributed by atoms with E-state index in [2.05, 4.69) is 4.74 Å². The van der Waals surface area contributed by atoms with Crippen molar-refractivity contribution in [1.29, 1.82) is 0 Å². The fourth-order valence-electron chi connectivity index (χ4n) is 1.75. The zero-order valence-electron chi connectivity index (χ0n) is 12.5. The fraction of sp³-hybridized carbons (Fsp3) is 0.375. The lowest BCUT2D eigenvalue weighted by atomic mass is 10.0. The van der Waals surface area contributed by atoms with Gasteiger partial charge in [-0.2, -0.15) is 0 Å². The van der Waals surface area contributed by atoms with Gasteiger partial charge in [0, 0.05) is 19.3 Å². The summed E-state index contributed by atoms with van der Waals surface area (Å²) in [7, 11) is 4.35. The molecule has 0 heterocycles. The maximum Gasteiger partial charge on any atom is 0.333 e. The maximum absolute atomic E-state index is 11.9. The van der Waals surface area contributed by atoms with Crippen molar-refractivity contribution in [1.82, 2.24) is 0 Å². The van der Waals surface area contributed by atoms with Gasteiger partial charge in [-0.25, -0.2) is 4.79 Å². The summed E-state index contributed by atoms with van der Waals surface area (Å²) >= 11 is 0. The van der Waals surface area contributed by atoms with E-state index in [1.165, 1.54) is 20.3 Å². The minimum Gasteiger partial charge on any atom is -0.501 e. The van der Waals surface area contributed by atoms with Crippen molar-refractivity contribution < 1.29 is 23.8 Å². The van der Waals surface area contributed by atoms with Crippen LogP contribution in [0.5, 0.6) is 5.75 Å². The van der Waals surface area contributed by atoms with Crippen LogP contribution >= 0.6 is 0 Å². The van der Waals surface area contributed by atoms with Crippen molar-refractivity contribution in [2.75, 3.05) is 21.3 Å². The van der Waals surface area contributed by atoms with Gasteiger partial charge in [0.1, 0.15) is 17.3 Å². The molecule has 114 valence electrons. The van der Waals surface area contributed by atoms with Crippen LogP contribution in [0.2, 0.25) is 0 Å². The molecule has 5 heteroatoms. The van der Waals surface area contributed by atoms with E-state index in [0.717, 1.165) is 11.3 Å². The Morgan fingerprint density at radius 1 is 1.00 bits per heavy atom. The largest absolute Gasteiger partial charge is 0.501 e. The molecular weight excluding hydrogens is 272 g/mol. The molecule has 0 aromatic heterocycles. The Balaban J connectivity index is 2.49. The molecule has 0 atom stereocenters. The van der Waals surface area contributed by atoms with Crippen LogP contribution in [0.25, 0.3) is 0 Å². The normalized spacial score (nSPS) is 10.9. The standard InChI is InChI=1S/C16H20O5/c1-19-14-7-4-12(5-8-14)10-13(17)6-9-15(20-2)11-16(18)21-3/h4-5,7-8,11H,6,9-10H2,1-3H3/b15-11-. The molecule has 0 amide bonds. The summed E-state index contributed by atoms with van der Waals surface area (Å²) in [5.41, 5.74) is 0.928. The molecule has 21 heavy (non-hydrogen) atoms. The van der Waals surface area contributed by atoms with Crippen molar-refractivity contribution >= 4 is 11.8 Å². The van der Waals surface area contributed by atoms with Gasteiger partial charge in [-0.05, 0) is 17.7 Å². The fourth-order valence-corrected chi connectivity index (χ4v) is 1.75. The van der Waals surface area contributed by atoms with Gasteiger partial charge in [0.2, 0.25) is 0 Å². The summed E-state index contributed by atoms with van der Waals surface area (Å²) in [5, 5.41) is 0. The lowest BCUT2D eigenvalue weighted by Crippen LogP contribution is -2.05. The minimum atomic E-state index is -0.491. The summed E-state index contributed by atoms with van der Waals surface area (Å²) in [6.07, 6.45) is 2.28. The number of hydrogen-bond donors (Lipinski definition) is 0. The van der Waals surface area contributed by atoms with Crippen LogP contribution in [0.4, 0.5) is 0 Å². The molecule has 0 fully saturated rings. The molecule has 0 saturated carbocycles. The van der Waals surface area contributed by atoms with Crippen LogP contribution in [0.15, 0.2) is 36.1 Å². The first-order valence-corrected chi connectivity index (χ1v) is 6.56. The van der Waals surface area contributed by atoms with E-state index in [1.807, 2.05) is 24.3 Å². The molecule has 1 aromatic carbocycles. The van der Waals surface area contributed by atoms with E-state index in [9.17, 15) is 9.59 Å². The Bertz CT molecular complexity index is 502. The Kier molecular flexibility index (Phi) is 7.01. The predicted molar refractivity (Wildman–Crippen MR) is 78.0 cm³/mol. The SMILES string of the molecule is COC(=O)/C=C(/CCC(=O)Cc1ccc(OC)cc1)OC. The minimum absolute atomic E-state index is 0.0768. The number of esters is 1. The van der Waals surface area contributed by atoms with Gasteiger partial charge < -0.3 is 14.2 Å². The highest BCUT2D eigenvalue weighted by atomic mass is 16.5. The second-order valence-electron chi connectivity index (χ2n) is 4.40. The van der Waals surface area contributed by atoms with Gasteiger partial charge in [0.25, 0.3) is 0 Å². The topological polar surface area (TPSA) is 61.8 Å². The summed E-state index contributed by atoms with van der Waals surface area (Å²) in [4.78, 5) is 23.0. The van der Waals surface area contributed by atoms with Gasteiger partial charge in [0.05, 0.1) is 27.4 Å². The zero-order chi connectivity index (χ0) is 15.7. The van der Waals surface area contributed by atoms with E-state index < -0.39 is 5.97 Å². The number of hydrogen-bond acceptors (Lipinski definition) is 5. The second-order valence-corrected chi connectivity index (χ2v) is 4.40. The average Bonchev–Trinajstić information content (AvgIpc) is 2.51. The molecule has 0 aliphatic rings. The highest BCUT2D eigenvalue weighted by molar-refractivity contribution is 5.83. The van der Waals surface area contributed by atoms with Crippen molar-refractivity contribution in [3.63, 3.8) is 0 Å². The third-order valence-electron chi connectivity index (χ3n) is 2.95. The average molecular weight is 292 g/mol. The smallest absolute Gasteiger partial charge is 0.333 e.